The largest absolute Gasteiger partial charge is 0.444 e. The van der Waals surface area contributed by atoms with Crippen molar-refractivity contribution in [1.82, 2.24) is 14.9 Å². The minimum atomic E-state index is 0.679. The summed E-state index contributed by atoms with van der Waals surface area (Å²) in [4.78, 5) is 10.8. The second kappa shape index (κ2) is 7.00. The van der Waals surface area contributed by atoms with Crippen molar-refractivity contribution in [2.45, 2.75) is 13.0 Å². The molecule has 112 valence electrons. The van der Waals surface area contributed by atoms with Crippen molar-refractivity contribution < 1.29 is 4.42 Å². The van der Waals surface area contributed by atoms with E-state index in [1.165, 1.54) is 5.56 Å². The van der Waals surface area contributed by atoms with Crippen LogP contribution in [0.5, 0.6) is 0 Å². The molecule has 0 unspecified atom stereocenters. The monoisotopic (exact) mass is 293 g/mol. The summed E-state index contributed by atoms with van der Waals surface area (Å²) >= 11 is 0. The van der Waals surface area contributed by atoms with Gasteiger partial charge in [0.2, 0.25) is 5.89 Å². The number of likely N-dealkylation sites (N-methyl/N-ethyl adjacent to an activating group) is 1. The summed E-state index contributed by atoms with van der Waals surface area (Å²) in [6.07, 6.45) is 6.41. The number of rotatable bonds is 6. The first kappa shape index (κ1) is 14.5. The Morgan fingerprint density at radius 2 is 1.82 bits per heavy atom. The van der Waals surface area contributed by atoms with Gasteiger partial charge in [0, 0.05) is 31.0 Å². The van der Waals surface area contributed by atoms with Crippen LogP contribution in [0.1, 0.15) is 11.3 Å². The molecular weight excluding hydrogens is 274 g/mol. The fourth-order valence-electron chi connectivity index (χ4n) is 2.32. The van der Waals surface area contributed by atoms with Crippen LogP contribution in [-0.4, -0.2) is 28.5 Å². The average Bonchev–Trinajstić information content (AvgIpc) is 3.03. The molecular formula is C18H19N3O. The third-order valence-electron chi connectivity index (χ3n) is 3.54. The quantitative estimate of drug-likeness (QED) is 0.698. The van der Waals surface area contributed by atoms with E-state index in [-0.39, 0.29) is 0 Å². The van der Waals surface area contributed by atoms with Crippen LogP contribution in [-0.2, 0) is 13.0 Å². The van der Waals surface area contributed by atoms with E-state index >= 15 is 0 Å². The van der Waals surface area contributed by atoms with Crippen molar-refractivity contribution in [3.8, 4) is 11.5 Å². The van der Waals surface area contributed by atoms with Gasteiger partial charge in [-0.25, -0.2) is 4.98 Å². The van der Waals surface area contributed by atoms with Crippen LogP contribution >= 0.6 is 0 Å². The predicted octanol–water partition coefficient (Wildman–Crippen LogP) is 3.41. The Bertz CT molecular complexity index is 695. The minimum absolute atomic E-state index is 0.679. The van der Waals surface area contributed by atoms with Crippen molar-refractivity contribution in [3.05, 3.63) is 72.4 Å². The molecule has 0 aliphatic carbocycles. The van der Waals surface area contributed by atoms with Gasteiger partial charge in [-0.3, -0.25) is 4.98 Å². The summed E-state index contributed by atoms with van der Waals surface area (Å²) in [6, 6.07) is 14.1. The maximum Gasteiger partial charge on any atom is 0.226 e. The van der Waals surface area contributed by atoms with Crippen LogP contribution in [0.4, 0.5) is 0 Å². The van der Waals surface area contributed by atoms with E-state index in [1.54, 1.807) is 6.26 Å². The average molecular weight is 293 g/mol. The van der Waals surface area contributed by atoms with E-state index in [9.17, 15) is 0 Å². The Kier molecular flexibility index (Phi) is 4.61. The number of hydrogen-bond donors (Lipinski definition) is 0. The highest BCUT2D eigenvalue weighted by Crippen LogP contribution is 2.18. The Morgan fingerprint density at radius 1 is 1.05 bits per heavy atom. The molecule has 0 bridgehead atoms. The molecule has 4 nitrogen and oxygen atoms in total. The lowest BCUT2D eigenvalue weighted by molar-refractivity contribution is 0.326. The zero-order valence-electron chi connectivity index (χ0n) is 12.6. The van der Waals surface area contributed by atoms with Gasteiger partial charge in [0.15, 0.2) is 0 Å². The molecule has 0 spiro atoms. The van der Waals surface area contributed by atoms with E-state index < -0.39 is 0 Å². The minimum Gasteiger partial charge on any atom is -0.444 e. The van der Waals surface area contributed by atoms with Gasteiger partial charge in [0.05, 0.1) is 5.69 Å². The molecule has 4 heteroatoms. The van der Waals surface area contributed by atoms with Crippen molar-refractivity contribution >= 4 is 0 Å². The standard InChI is InChI=1S/C18H19N3O/c1-21(12-9-15-7-10-19-11-8-15)13-17-14-22-18(20-17)16-5-3-2-4-6-16/h2-8,10-11,14H,9,12-13H2,1H3. The smallest absolute Gasteiger partial charge is 0.226 e. The molecule has 0 aliphatic rings. The summed E-state index contributed by atoms with van der Waals surface area (Å²) in [6.45, 7) is 1.75. The normalized spacial score (nSPS) is 11.0. The first-order valence-corrected chi connectivity index (χ1v) is 7.38. The van der Waals surface area contributed by atoms with Crippen LogP contribution in [0.3, 0.4) is 0 Å². The number of aromatic nitrogens is 2. The zero-order valence-corrected chi connectivity index (χ0v) is 12.6. The highest BCUT2D eigenvalue weighted by molar-refractivity contribution is 5.52. The molecule has 0 atom stereocenters. The molecule has 0 saturated heterocycles. The molecule has 0 amide bonds. The molecule has 0 radical (unpaired) electrons. The van der Waals surface area contributed by atoms with Crippen molar-refractivity contribution in [3.63, 3.8) is 0 Å². The second-order valence-corrected chi connectivity index (χ2v) is 5.35. The number of hydrogen-bond acceptors (Lipinski definition) is 4. The van der Waals surface area contributed by atoms with Gasteiger partial charge in [-0.2, -0.15) is 0 Å². The molecule has 3 rings (SSSR count). The topological polar surface area (TPSA) is 42.2 Å². The van der Waals surface area contributed by atoms with E-state index in [1.807, 2.05) is 42.7 Å². The summed E-state index contributed by atoms with van der Waals surface area (Å²) in [5.41, 5.74) is 3.26. The Labute approximate surface area is 130 Å². The number of benzene rings is 1. The SMILES string of the molecule is CN(CCc1ccncc1)Cc1coc(-c2ccccc2)n1. The molecule has 22 heavy (non-hydrogen) atoms. The number of nitrogens with zero attached hydrogens (tertiary/aromatic N) is 3. The summed E-state index contributed by atoms with van der Waals surface area (Å²) in [5.74, 6) is 0.679. The van der Waals surface area contributed by atoms with E-state index in [0.717, 1.165) is 30.8 Å². The molecule has 0 saturated carbocycles. The van der Waals surface area contributed by atoms with Crippen LogP contribution in [0, 0.1) is 0 Å². The first-order valence-electron chi connectivity index (χ1n) is 7.38. The van der Waals surface area contributed by atoms with E-state index in [2.05, 4.69) is 34.0 Å². The third-order valence-corrected chi connectivity index (χ3v) is 3.54. The van der Waals surface area contributed by atoms with Crippen molar-refractivity contribution in [1.29, 1.82) is 0 Å². The fraction of sp³-hybridized carbons (Fsp3) is 0.222. The van der Waals surface area contributed by atoms with Crippen molar-refractivity contribution in [2.24, 2.45) is 0 Å². The van der Waals surface area contributed by atoms with E-state index in [4.69, 9.17) is 4.42 Å². The predicted molar refractivity (Wildman–Crippen MR) is 86.2 cm³/mol. The summed E-state index contributed by atoms with van der Waals surface area (Å²) < 4.78 is 5.57. The van der Waals surface area contributed by atoms with Gasteiger partial charge in [-0.15, -0.1) is 0 Å². The maximum atomic E-state index is 5.57. The highest BCUT2D eigenvalue weighted by Gasteiger charge is 2.08. The molecule has 0 fully saturated rings. The van der Waals surface area contributed by atoms with Gasteiger partial charge < -0.3 is 9.32 Å². The first-order chi connectivity index (χ1) is 10.8. The van der Waals surface area contributed by atoms with Gasteiger partial charge in [-0.05, 0) is 43.3 Å². The summed E-state index contributed by atoms with van der Waals surface area (Å²) in [5, 5.41) is 0. The Morgan fingerprint density at radius 3 is 2.59 bits per heavy atom. The van der Waals surface area contributed by atoms with Gasteiger partial charge in [0.25, 0.3) is 0 Å². The molecule has 2 aromatic heterocycles. The van der Waals surface area contributed by atoms with Gasteiger partial charge in [-0.1, -0.05) is 18.2 Å². The van der Waals surface area contributed by atoms with Crippen LogP contribution < -0.4 is 0 Å². The molecule has 1 aromatic carbocycles. The zero-order chi connectivity index (χ0) is 15.2. The lowest BCUT2D eigenvalue weighted by Crippen LogP contribution is -2.20. The molecule has 0 N–H and O–H groups in total. The molecule has 2 heterocycles. The Balaban J connectivity index is 1.56. The van der Waals surface area contributed by atoms with E-state index in [0.29, 0.717) is 5.89 Å². The van der Waals surface area contributed by atoms with Crippen LogP contribution in [0.2, 0.25) is 0 Å². The van der Waals surface area contributed by atoms with Crippen molar-refractivity contribution in [2.75, 3.05) is 13.6 Å². The van der Waals surface area contributed by atoms with Gasteiger partial charge >= 0.3 is 0 Å². The highest BCUT2D eigenvalue weighted by atomic mass is 16.3. The molecule has 3 aromatic rings. The van der Waals surface area contributed by atoms with Crippen LogP contribution in [0.25, 0.3) is 11.5 Å². The van der Waals surface area contributed by atoms with Gasteiger partial charge in [0.1, 0.15) is 6.26 Å². The lowest BCUT2D eigenvalue weighted by Gasteiger charge is -2.14. The molecule has 0 aliphatic heterocycles. The maximum absolute atomic E-state index is 5.57. The second-order valence-electron chi connectivity index (χ2n) is 5.35. The number of oxazole rings is 1. The summed E-state index contributed by atoms with van der Waals surface area (Å²) in [7, 11) is 2.10. The third kappa shape index (κ3) is 3.80. The Hall–Kier alpha value is -2.46. The number of pyridine rings is 1. The fourth-order valence-corrected chi connectivity index (χ4v) is 2.32. The lowest BCUT2D eigenvalue weighted by atomic mass is 10.2. The van der Waals surface area contributed by atoms with Crippen LogP contribution in [0.15, 0.2) is 65.5 Å².